The average Bonchev–Trinajstić information content (AvgIpc) is 2.74. The number of hydrogen-bond acceptors (Lipinski definition) is 5. The van der Waals surface area contributed by atoms with E-state index in [0.717, 1.165) is 25.1 Å². The summed E-state index contributed by atoms with van der Waals surface area (Å²) in [4.78, 5) is 12.5. The van der Waals surface area contributed by atoms with Crippen LogP contribution in [0, 0.1) is 0 Å². The van der Waals surface area contributed by atoms with Crippen molar-refractivity contribution in [2.45, 2.75) is 38.5 Å². The maximum atomic E-state index is 12.9. The van der Waals surface area contributed by atoms with Gasteiger partial charge in [0, 0.05) is 25.3 Å². The van der Waals surface area contributed by atoms with Gasteiger partial charge in [-0.1, -0.05) is 45.4 Å². The summed E-state index contributed by atoms with van der Waals surface area (Å²) in [6.45, 7) is 7.32. The molecule has 0 bridgehead atoms. The van der Waals surface area contributed by atoms with Crippen LogP contribution in [0.5, 0.6) is 0 Å². The van der Waals surface area contributed by atoms with Crippen molar-refractivity contribution in [3.63, 3.8) is 0 Å². The molecule has 0 unspecified atom stereocenters. The third-order valence-electron chi connectivity index (χ3n) is 4.68. The topological polar surface area (TPSA) is 90.5 Å². The van der Waals surface area contributed by atoms with Crippen LogP contribution in [-0.4, -0.2) is 44.8 Å². The van der Waals surface area contributed by atoms with Gasteiger partial charge in [-0.3, -0.25) is 4.79 Å². The second kappa shape index (κ2) is 11.6. The van der Waals surface area contributed by atoms with Crippen LogP contribution in [0.25, 0.3) is 0 Å². The molecule has 0 aromatic heterocycles. The minimum Gasteiger partial charge on any atom is -0.383 e. The Balaban J connectivity index is 2.21. The Labute approximate surface area is 179 Å². The van der Waals surface area contributed by atoms with E-state index >= 15 is 0 Å². The van der Waals surface area contributed by atoms with E-state index in [9.17, 15) is 13.2 Å². The smallest absolute Gasteiger partial charge is 0.243 e. The largest absolute Gasteiger partial charge is 0.383 e. The van der Waals surface area contributed by atoms with Crippen LogP contribution in [0.1, 0.15) is 33.6 Å². The SMILES string of the molecule is CCCCNc1ccc(S(=O)(=O)N(CC)CC)cc1NCC(=O)Nc1ccccc1. The van der Waals surface area contributed by atoms with Gasteiger partial charge in [-0.05, 0) is 36.8 Å². The summed E-state index contributed by atoms with van der Waals surface area (Å²) >= 11 is 0. The fourth-order valence-corrected chi connectivity index (χ4v) is 4.48. The summed E-state index contributed by atoms with van der Waals surface area (Å²) in [5.74, 6) is -0.210. The number of carbonyl (C=O) groups is 1. The van der Waals surface area contributed by atoms with E-state index in [1.165, 1.54) is 4.31 Å². The Bertz CT molecular complexity index is 913. The van der Waals surface area contributed by atoms with E-state index in [-0.39, 0.29) is 17.3 Å². The van der Waals surface area contributed by atoms with E-state index in [4.69, 9.17) is 0 Å². The van der Waals surface area contributed by atoms with Crippen LogP contribution in [0.3, 0.4) is 0 Å². The first kappa shape index (κ1) is 23.7. The Morgan fingerprint density at radius 1 is 0.933 bits per heavy atom. The molecule has 30 heavy (non-hydrogen) atoms. The quantitative estimate of drug-likeness (QED) is 0.441. The first-order valence-electron chi connectivity index (χ1n) is 10.4. The molecule has 0 aliphatic heterocycles. The zero-order chi connectivity index (χ0) is 22.0. The molecular weight excluding hydrogens is 400 g/mol. The number of unbranched alkanes of at least 4 members (excludes halogenated alkanes) is 1. The Morgan fingerprint density at radius 3 is 2.27 bits per heavy atom. The Morgan fingerprint density at radius 2 is 1.63 bits per heavy atom. The second-order valence-electron chi connectivity index (χ2n) is 6.84. The summed E-state index contributed by atoms with van der Waals surface area (Å²) in [6.07, 6.45) is 2.04. The van der Waals surface area contributed by atoms with Crippen LogP contribution in [0.4, 0.5) is 17.1 Å². The van der Waals surface area contributed by atoms with Crippen LogP contribution >= 0.6 is 0 Å². The normalized spacial score (nSPS) is 11.3. The third kappa shape index (κ3) is 6.47. The highest BCUT2D eigenvalue weighted by Gasteiger charge is 2.22. The highest BCUT2D eigenvalue weighted by Crippen LogP contribution is 2.27. The molecule has 0 spiro atoms. The zero-order valence-corrected chi connectivity index (χ0v) is 18.8. The molecule has 0 atom stereocenters. The number of nitrogens with zero attached hydrogens (tertiary/aromatic N) is 1. The molecular formula is C22H32N4O3S. The Hall–Kier alpha value is -2.58. The van der Waals surface area contributed by atoms with Gasteiger partial charge in [0.15, 0.2) is 0 Å². The van der Waals surface area contributed by atoms with Crippen LogP contribution < -0.4 is 16.0 Å². The van der Waals surface area contributed by atoms with Gasteiger partial charge in [0.25, 0.3) is 0 Å². The average molecular weight is 433 g/mol. The molecule has 0 aliphatic carbocycles. The van der Waals surface area contributed by atoms with Crippen molar-refractivity contribution in [3.05, 3.63) is 48.5 Å². The fraction of sp³-hybridized carbons (Fsp3) is 0.409. The van der Waals surface area contributed by atoms with Crippen molar-refractivity contribution in [2.75, 3.05) is 42.1 Å². The van der Waals surface area contributed by atoms with E-state index in [1.54, 1.807) is 18.2 Å². The van der Waals surface area contributed by atoms with Gasteiger partial charge in [-0.25, -0.2) is 8.42 Å². The number of carbonyl (C=O) groups excluding carboxylic acids is 1. The molecule has 2 aromatic rings. The van der Waals surface area contributed by atoms with Crippen LogP contribution in [0.15, 0.2) is 53.4 Å². The molecule has 2 aromatic carbocycles. The molecule has 0 saturated carbocycles. The summed E-state index contributed by atoms with van der Waals surface area (Å²) in [5.41, 5.74) is 2.07. The lowest BCUT2D eigenvalue weighted by Gasteiger charge is -2.20. The van der Waals surface area contributed by atoms with Gasteiger partial charge >= 0.3 is 0 Å². The highest BCUT2D eigenvalue weighted by molar-refractivity contribution is 7.89. The lowest BCUT2D eigenvalue weighted by Crippen LogP contribution is -2.30. The number of amides is 1. The van der Waals surface area contributed by atoms with Gasteiger partial charge in [-0.15, -0.1) is 0 Å². The molecule has 8 heteroatoms. The number of rotatable bonds is 12. The molecule has 1 amide bonds. The first-order chi connectivity index (χ1) is 14.4. The number of anilines is 3. The van der Waals surface area contributed by atoms with E-state index in [0.29, 0.717) is 24.5 Å². The van der Waals surface area contributed by atoms with Crippen LogP contribution in [0.2, 0.25) is 0 Å². The molecule has 0 heterocycles. The van der Waals surface area contributed by atoms with Crippen molar-refractivity contribution in [1.29, 1.82) is 0 Å². The van der Waals surface area contributed by atoms with E-state index < -0.39 is 10.0 Å². The second-order valence-corrected chi connectivity index (χ2v) is 8.78. The molecule has 0 saturated heterocycles. The van der Waals surface area contributed by atoms with E-state index in [1.807, 2.05) is 44.2 Å². The number of hydrogen-bond donors (Lipinski definition) is 3. The molecule has 0 fully saturated rings. The summed E-state index contributed by atoms with van der Waals surface area (Å²) in [6, 6.07) is 14.2. The maximum Gasteiger partial charge on any atom is 0.243 e. The van der Waals surface area contributed by atoms with Crippen molar-refractivity contribution < 1.29 is 13.2 Å². The number of para-hydroxylation sites is 1. The van der Waals surface area contributed by atoms with Crippen LogP contribution in [-0.2, 0) is 14.8 Å². The monoisotopic (exact) mass is 432 g/mol. The maximum absolute atomic E-state index is 12.9. The lowest BCUT2D eigenvalue weighted by atomic mass is 10.2. The number of benzene rings is 2. The zero-order valence-electron chi connectivity index (χ0n) is 17.9. The summed E-state index contributed by atoms with van der Waals surface area (Å²) in [7, 11) is -3.59. The number of nitrogens with one attached hydrogen (secondary N) is 3. The molecule has 7 nitrogen and oxygen atoms in total. The van der Waals surface area contributed by atoms with Gasteiger partial charge < -0.3 is 16.0 Å². The number of sulfonamides is 1. The summed E-state index contributed by atoms with van der Waals surface area (Å²) in [5, 5.41) is 9.23. The fourth-order valence-electron chi connectivity index (χ4n) is 3.00. The molecule has 2 rings (SSSR count). The van der Waals surface area contributed by atoms with Crippen molar-refractivity contribution >= 4 is 33.0 Å². The lowest BCUT2D eigenvalue weighted by molar-refractivity contribution is -0.114. The minimum atomic E-state index is -3.59. The molecule has 3 N–H and O–H groups in total. The van der Waals surface area contributed by atoms with Crippen molar-refractivity contribution in [1.82, 2.24) is 4.31 Å². The first-order valence-corrected chi connectivity index (χ1v) is 11.8. The molecule has 164 valence electrons. The molecule has 0 radical (unpaired) electrons. The van der Waals surface area contributed by atoms with Crippen molar-refractivity contribution in [3.8, 4) is 0 Å². The van der Waals surface area contributed by atoms with Gasteiger partial charge in [0.05, 0.1) is 22.8 Å². The van der Waals surface area contributed by atoms with Crippen molar-refractivity contribution in [2.24, 2.45) is 0 Å². The van der Waals surface area contributed by atoms with Gasteiger partial charge in [0.2, 0.25) is 15.9 Å². The predicted octanol–water partition coefficient (Wildman–Crippen LogP) is 3.98. The minimum absolute atomic E-state index is 0.0200. The van der Waals surface area contributed by atoms with E-state index in [2.05, 4.69) is 22.9 Å². The van der Waals surface area contributed by atoms with Gasteiger partial charge in [-0.2, -0.15) is 4.31 Å². The third-order valence-corrected chi connectivity index (χ3v) is 6.72. The van der Waals surface area contributed by atoms with Gasteiger partial charge in [0.1, 0.15) is 0 Å². The summed E-state index contributed by atoms with van der Waals surface area (Å²) < 4.78 is 27.2. The highest BCUT2D eigenvalue weighted by atomic mass is 32.2. The Kier molecular flexibility index (Phi) is 9.14. The predicted molar refractivity (Wildman–Crippen MR) is 124 cm³/mol. The standard InChI is InChI=1S/C22H32N4O3S/c1-4-7-15-23-20-14-13-19(30(28,29)26(5-2)6-3)16-21(20)24-17-22(27)25-18-11-9-8-10-12-18/h8-14,16,23-24H,4-7,15,17H2,1-3H3,(H,25,27). The molecule has 0 aliphatic rings.